The lowest BCUT2D eigenvalue weighted by molar-refractivity contribution is 0.0659. The third-order valence-electron chi connectivity index (χ3n) is 3.82. The maximum absolute atomic E-state index is 9.93. The molecule has 0 bridgehead atoms. The van der Waals surface area contributed by atoms with Crippen LogP contribution in [0.25, 0.3) is 0 Å². The number of aliphatic hydroxyl groups excluding tert-OH is 1. The number of rotatable bonds is 8. The van der Waals surface area contributed by atoms with Crippen LogP contribution in [0.3, 0.4) is 0 Å². The van der Waals surface area contributed by atoms with Crippen LogP contribution in [-0.2, 0) is 13.0 Å². The van der Waals surface area contributed by atoms with Crippen molar-refractivity contribution in [2.24, 2.45) is 0 Å². The second-order valence-electron chi connectivity index (χ2n) is 5.55. The Bertz CT molecular complexity index is 427. The van der Waals surface area contributed by atoms with Crippen molar-refractivity contribution in [3.63, 3.8) is 0 Å². The number of hydrogen-bond donors (Lipinski definition) is 1. The summed E-state index contributed by atoms with van der Waals surface area (Å²) < 4.78 is 5.13. The van der Waals surface area contributed by atoms with Crippen molar-refractivity contribution in [1.82, 2.24) is 19.9 Å². The Balaban J connectivity index is 1.69. The predicted octanol–water partition coefficient (Wildman–Crippen LogP) is 1.08. The molecule has 1 unspecified atom stereocenters. The van der Waals surface area contributed by atoms with E-state index in [-0.39, 0.29) is 6.10 Å². The van der Waals surface area contributed by atoms with Gasteiger partial charge in [0.1, 0.15) is 0 Å². The number of piperazine rings is 1. The Morgan fingerprint density at radius 1 is 1.33 bits per heavy atom. The molecule has 6 heteroatoms. The van der Waals surface area contributed by atoms with Crippen molar-refractivity contribution >= 4 is 0 Å². The monoisotopic (exact) mass is 294 g/mol. The van der Waals surface area contributed by atoms with Gasteiger partial charge in [0.25, 0.3) is 0 Å². The van der Waals surface area contributed by atoms with Gasteiger partial charge >= 0.3 is 0 Å². The molecule has 0 saturated carbocycles. The summed E-state index contributed by atoms with van der Waals surface area (Å²) in [6.07, 6.45) is 4.06. The quantitative estimate of drug-likeness (QED) is 0.724. The minimum atomic E-state index is -0.251. The van der Waals surface area contributed by atoms with Gasteiger partial charge in [-0.3, -0.25) is 9.80 Å². The van der Waals surface area contributed by atoms with Crippen molar-refractivity contribution in [2.75, 3.05) is 32.7 Å². The van der Waals surface area contributed by atoms with Crippen LogP contribution in [-0.4, -0.2) is 63.9 Å². The van der Waals surface area contributed by atoms with Crippen molar-refractivity contribution in [3.8, 4) is 0 Å². The number of aryl methyl sites for hydroxylation is 1. The molecule has 1 aromatic rings. The van der Waals surface area contributed by atoms with Crippen LogP contribution in [0.5, 0.6) is 0 Å². The summed E-state index contributed by atoms with van der Waals surface area (Å²) in [4.78, 5) is 8.99. The van der Waals surface area contributed by atoms with E-state index in [1.54, 1.807) is 0 Å². The van der Waals surface area contributed by atoms with E-state index in [1.165, 1.54) is 0 Å². The smallest absolute Gasteiger partial charge is 0.226 e. The molecule has 1 saturated heterocycles. The van der Waals surface area contributed by atoms with Gasteiger partial charge in [0.15, 0.2) is 5.82 Å². The van der Waals surface area contributed by atoms with Crippen molar-refractivity contribution in [2.45, 2.75) is 38.8 Å². The van der Waals surface area contributed by atoms with Gasteiger partial charge in [-0.25, -0.2) is 0 Å². The summed E-state index contributed by atoms with van der Waals surface area (Å²) >= 11 is 0. The first-order chi connectivity index (χ1) is 10.2. The van der Waals surface area contributed by atoms with E-state index in [4.69, 9.17) is 4.52 Å². The highest BCUT2D eigenvalue weighted by atomic mass is 16.5. The first kappa shape index (κ1) is 16.1. The fraction of sp³-hybridized carbons (Fsp3) is 0.733. The van der Waals surface area contributed by atoms with Gasteiger partial charge in [-0.1, -0.05) is 18.2 Å². The summed E-state index contributed by atoms with van der Waals surface area (Å²) in [7, 11) is 0. The number of β-amino-alcohol motifs (C(OH)–C–C–N with tert-alkyl or cyclic N) is 1. The molecule has 0 aromatic carbocycles. The maximum Gasteiger partial charge on any atom is 0.226 e. The van der Waals surface area contributed by atoms with Crippen LogP contribution < -0.4 is 0 Å². The summed E-state index contributed by atoms with van der Waals surface area (Å²) in [5.74, 6) is 1.47. The standard InChI is InChI=1S/C15H26N4O2/c1-3-5-6-13(20)11-18-7-9-19(10-8-18)12-14-16-15(4-2)21-17-14/h3,13,20H,1,4-12H2,2H3. The van der Waals surface area contributed by atoms with Crippen molar-refractivity contribution in [3.05, 3.63) is 24.4 Å². The number of nitrogens with zero attached hydrogens (tertiary/aromatic N) is 4. The molecule has 1 N–H and O–H groups in total. The molecule has 0 radical (unpaired) electrons. The van der Waals surface area contributed by atoms with Gasteiger partial charge in [0.2, 0.25) is 5.89 Å². The Labute approximate surface area is 126 Å². The molecule has 1 atom stereocenters. The molecule has 0 spiro atoms. The minimum Gasteiger partial charge on any atom is -0.392 e. The van der Waals surface area contributed by atoms with E-state index in [0.29, 0.717) is 5.89 Å². The topological polar surface area (TPSA) is 65.6 Å². The Morgan fingerprint density at radius 3 is 2.67 bits per heavy atom. The number of allylic oxidation sites excluding steroid dienone is 1. The first-order valence-electron chi connectivity index (χ1n) is 7.76. The second-order valence-corrected chi connectivity index (χ2v) is 5.55. The number of hydrogen-bond acceptors (Lipinski definition) is 6. The average molecular weight is 294 g/mol. The predicted molar refractivity (Wildman–Crippen MR) is 80.8 cm³/mol. The molecular weight excluding hydrogens is 268 g/mol. The zero-order valence-corrected chi connectivity index (χ0v) is 12.9. The molecule has 118 valence electrons. The summed E-state index contributed by atoms with van der Waals surface area (Å²) in [5.41, 5.74) is 0. The molecule has 21 heavy (non-hydrogen) atoms. The third kappa shape index (κ3) is 5.22. The van der Waals surface area contributed by atoms with Crippen LogP contribution in [0, 0.1) is 0 Å². The minimum absolute atomic E-state index is 0.251. The Morgan fingerprint density at radius 2 is 2.05 bits per heavy atom. The first-order valence-corrected chi connectivity index (χ1v) is 7.76. The normalized spacial score (nSPS) is 18.8. The van der Waals surface area contributed by atoms with Crippen LogP contribution in [0.15, 0.2) is 17.2 Å². The maximum atomic E-state index is 9.93. The van der Waals surface area contributed by atoms with E-state index in [1.807, 2.05) is 13.0 Å². The lowest BCUT2D eigenvalue weighted by atomic mass is 10.1. The van der Waals surface area contributed by atoms with Gasteiger partial charge in [0.05, 0.1) is 12.6 Å². The van der Waals surface area contributed by atoms with Crippen LogP contribution in [0.4, 0.5) is 0 Å². The van der Waals surface area contributed by atoms with E-state index in [0.717, 1.165) is 64.4 Å². The Kier molecular flexibility index (Phi) is 6.35. The summed E-state index contributed by atoms with van der Waals surface area (Å²) in [6.45, 7) is 11.1. The molecule has 1 aliphatic heterocycles. The highest BCUT2D eigenvalue weighted by Crippen LogP contribution is 2.09. The average Bonchev–Trinajstić information content (AvgIpc) is 2.95. The fourth-order valence-corrected chi connectivity index (χ4v) is 2.53. The fourth-order valence-electron chi connectivity index (χ4n) is 2.53. The van der Waals surface area contributed by atoms with E-state index >= 15 is 0 Å². The van der Waals surface area contributed by atoms with E-state index in [2.05, 4.69) is 26.5 Å². The highest BCUT2D eigenvalue weighted by molar-refractivity contribution is 4.87. The number of aliphatic hydroxyl groups is 1. The third-order valence-corrected chi connectivity index (χ3v) is 3.82. The van der Waals surface area contributed by atoms with Gasteiger partial charge < -0.3 is 9.63 Å². The van der Waals surface area contributed by atoms with Crippen molar-refractivity contribution < 1.29 is 9.63 Å². The van der Waals surface area contributed by atoms with Crippen molar-refractivity contribution in [1.29, 1.82) is 0 Å². The van der Waals surface area contributed by atoms with E-state index < -0.39 is 0 Å². The number of aromatic nitrogens is 2. The van der Waals surface area contributed by atoms with Crippen LogP contribution >= 0.6 is 0 Å². The second kappa shape index (κ2) is 8.26. The lowest BCUT2D eigenvalue weighted by Gasteiger charge is -2.35. The zero-order chi connectivity index (χ0) is 15.1. The molecule has 0 amide bonds. The van der Waals surface area contributed by atoms with Gasteiger partial charge in [-0.2, -0.15) is 4.98 Å². The summed E-state index contributed by atoms with van der Waals surface area (Å²) in [6, 6.07) is 0. The van der Waals surface area contributed by atoms with Crippen LogP contribution in [0.2, 0.25) is 0 Å². The molecular formula is C15H26N4O2. The SMILES string of the molecule is C=CCCC(O)CN1CCN(Cc2noc(CC)n2)CC1. The largest absolute Gasteiger partial charge is 0.392 e. The van der Waals surface area contributed by atoms with Gasteiger partial charge in [0, 0.05) is 39.1 Å². The Hall–Kier alpha value is -1.24. The van der Waals surface area contributed by atoms with Gasteiger partial charge in [-0.15, -0.1) is 6.58 Å². The molecule has 2 rings (SSSR count). The lowest BCUT2D eigenvalue weighted by Crippen LogP contribution is -2.48. The molecule has 6 nitrogen and oxygen atoms in total. The highest BCUT2D eigenvalue weighted by Gasteiger charge is 2.20. The molecule has 1 aliphatic rings. The van der Waals surface area contributed by atoms with Gasteiger partial charge in [-0.05, 0) is 12.8 Å². The molecule has 2 heterocycles. The molecule has 0 aliphatic carbocycles. The molecule has 1 aromatic heterocycles. The summed E-state index contributed by atoms with van der Waals surface area (Å²) in [5, 5.41) is 13.9. The zero-order valence-electron chi connectivity index (χ0n) is 12.9. The molecule has 1 fully saturated rings. The van der Waals surface area contributed by atoms with Crippen LogP contribution in [0.1, 0.15) is 31.5 Å². The van der Waals surface area contributed by atoms with E-state index in [9.17, 15) is 5.11 Å².